The van der Waals surface area contributed by atoms with E-state index in [9.17, 15) is 0 Å². The highest BCUT2D eigenvalue weighted by molar-refractivity contribution is 6.94. The highest BCUT2D eigenvalue weighted by Crippen LogP contribution is 2.57. The lowest BCUT2D eigenvalue weighted by atomic mass is 9.41. The summed E-state index contributed by atoms with van der Waals surface area (Å²) in [7, 11) is 0. The van der Waals surface area contributed by atoms with Gasteiger partial charge in [-0.1, -0.05) is 189 Å². The minimum atomic E-state index is -0.256. The molecule has 0 saturated heterocycles. The van der Waals surface area contributed by atoms with Crippen molar-refractivity contribution in [3.63, 3.8) is 0 Å². The minimum absolute atomic E-state index is 0.0247. The molecule has 0 aromatic heterocycles. The Morgan fingerprint density at radius 3 is 1.63 bits per heavy atom. The highest BCUT2D eigenvalue weighted by Gasteiger charge is 2.52. The molecule has 0 saturated carbocycles. The number of anilines is 5. The van der Waals surface area contributed by atoms with Crippen LogP contribution in [-0.4, -0.2) is 6.85 Å². The molecule has 0 fully saturated rings. The Kier molecular flexibility index (Phi) is 9.61. The lowest BCUT2D eigenvalue weighted by Crippen LogP contribution is -2.63. The van der Waals surface area contributed by atoms with Crippen LogP contribution in [0.2, 0.25) is 0 Å². The Balaban J connectivity index is 1.34. The summed E-state index contributed by atoms with van der Waals surface area (Å²) in [6, 6.07) is 52.8. The maximum absolute atomic E-state index is 2.79. The predicted molar refractivity (Wildman–Crippen MR) is 295 cm³/mol. The van der Waals surface area contributed by atoms with Gasteiger partial charge in [0.25, 0.3) is 0 Å². The Labute approximate surface area is 409 Å². The average molecular weight is 891 g/mol. The molecule has 0 atom stereocenters. The van der Waals surface area contributed by atoms with Gasteiger partial charge in [-0.3, -0.25) is 0 Å². The minimum Gasteiger partial charge on any atom is -0.376 e. The van der Waals surface area contributed by atoms with Gasteiger partial charge in [0, 0.05) is 39.3 Å². The summed E-state index contributed by atoms with van der Waals surface area (Å²) >= 11 is 0. The molecule has 0 amide bonds. The summed E-state index contributed by atoms with van der Waals surface area (Å²) in [5, 5.41) is 0. The number of benzene rings is 7. The SMILES string of the molecule is CC(C)(C)c1ccc(N2B3c4c(cc(C(C)(C)C)cc4N(c4ccc(C(C)(C)C)cc4-c4ccccc4)c4ccc5c(c43)C(C)(C)c3ccccc3-5)-c3cc4c(cc32)C(C)(C)CCC4(C)C)cc1. The topological polar surface area (TPSA) is 6.48 Å². The quantitative estimate of drug-likeness (QED) is 0.163. The summed E-state index contributed by atoms with van der Waals surface area (Å²) in [4.78, 5) is 5.49. The van der Waals surface area contributed by atoms with Gasteiger partial charge >= 0.3 is 6.85 Å². The van der Waals surface area contributed by atoms with Gasteiger partial charge in [0.15, 0.2) is 0 Å². The van der Waals surface area contributed by atoms with E-state index in [0.717, 1.165) is 0 Å². The molecule has 0 radical (unpaired) electrons. The first-order valence-corrected chi connectivity index (χ1v) is 25.4. The molecule has 11 rings (SSSR count). The van der Waals surface area contributed by atoms with Gasteiger partial charge in [-0.25, -0.2) is 0 Å². The summed E-state index contributed by atoms with van der Waals surface area (Å²) in [6.07, 6.45) is 2.34. The third-order valence-corrected chi connectivity index (χ3v) is 16.8. The number of fused-ring (bicyclic) bond motifs is 9. The fourth-order valence-electron chi connectivity index (χ4n) is 12.5. The second kappa shape index (κ2) is 14.6. The first-order valence-electron chi connectivity index (χ1n) is 25.4. The van der Waals surface area contributed by atoms with Gasteiger partial charge in [-0.05, 0) is 161 Å². The Morgan fingerprint density at radius 2 is 0.985 bits per heavy atom. The zero-order valence-corrected chi connectivity index (χ0v) is 43.6. The third-order valence-electron chi connectivity index (χ3n) is 16.8. The van der Waals surface area contributed by atoms with Gasteiger partial charge in [0.2, 0.25) is 0 Å². The van der Waals surface area contributed by atoms with Crippen molar-refractivity contribution < 1.29 is 0 Å². The normalized spacial score (nSPS) is 17.2. The van der Waals surface area contributed by atoms with Crippen LogP contribution in [0.3, 0.4) is 0 Å². The number of nitrogens with zero attached hydrogens (tertiary/aromatic N) is 2. The fraction of sp³-hybridized carbons (Fsp3) is 0.354. The number of hydrogen-bond acceptors (Lipinski definition) is 2. The molecule has 0 spiro atoms. The largest absolute Gasteiger partial charge is 0.376 e. The molecule has 344 valence electrons. The van der Waals surface area contributed by atoms with Crippen LogP contribution >= 0.6 is 0 Å². The molecular formula is C65H71BN2. The van der Waals surface area contributed by atoms with E-state index in [1.807, 2.05) is 0 Å². The molecule has 68 heavy (non-hydrogen) atoms. The van der Waals surface area contributed by atoms with Crippen LogP contribution in [-0.2, 0) is 32.5 Å². The fourth-order valence-corrected chi connectivity index (χ4v) is 12.5. The first-order chi connectivity index (χ1) is 31.9. The maximum atomic E-state index is 2.79. The van der Waals surface area contributed by atoms with E-state index in [4.69, 9.17) is 0 Å². The van der Waals surface area contributed by atoms with E-state index in [1.54, 1.807) is 0 Å². The molecule has 7 aromatic carbocycles. The van der Waals surface area contributed by atoms with E-state index in [1.165, 1.54) is 125 Å². The third kappa shape index (κ3) is 6.65. The molecule has 7 aromatic rings. The van der Waals surface area contributed by atoms with Gasteiger partial charge in [-0.15, -0.1) is 0 Å². The Morgan fingerprint density at radius 1 is 0.412 bits per heavy atom. The van der Waals surface area contributed by atoms with Crippen molar-refractivity contribution in [3.8, 4) is 33.4 Å². The van der Waals surface area contributed by atoms with Gasteiger partial charge < -0.3 is 9.71 Å². The van der Waals surface area contributed by atoms with Crippen molar-refractivity contribution in [2.24, 2.45) is 0 Å². The molecule has 2 heterocycles. The summed E-state index contributed by atoms with van der Waals surface area (Å²) in [6.45, 7) is 36.0. The van der Waals surface area contributed by atoms with Crippen LogP contribution < -0.4 is 20.6 Å². The number of hydrogen-bond donors (Lipinski definition) is 0. The standard InChI is InChI=1S/C65H71BN2/c1-60(2,3)41-25-28-44(29-26-41)68-55-39-52-51(63(10,11)33-34-64(52,12)13)38-48(55)49-36-43(62(7,8)9)37-56-58(49)66(68)59-54(32-30-46-45-23-19-20-24-50(45)65(14,15)57(46)59)67(56)53-31-27-42(61(4,5)6)35-47(53)40-21-17-16-18-22-40/h16-32,35-39H,33-34H2,1-15H3. The van der Waals surface area contributed by atoms with Crippen molar-refractivity contribution in [2.45, 2.75) is 149 Å². The van der Waals surface area contributed by atoms with Crippen LogP contribution in [0.15, 0.2) is 133 Å². The molecule has 3 heteroatoms. The first kappa shape index (κ1) is 44.7. The molecule has 2 aliphatic carbocycles. The van der Waals surface area contributed by atoms with Crippen LogP contribution in [0.25, 0.3) is 33.4 Å². The van der Waals surface area contributed by atoms with E-state index in [0.29, 0.717) is 0 Å². The van der Waals surface area contributed by atoms with Crippen LogP contribution in [0.1, 0.15) is 156 Å². The zero-order valence-electron chi connectivity index (χ0n) is 43.6. The van der Waals surface area contributed by atoms with E-state index in [-0.39, 0.29) is 39.3 Å². The van der Waals surface area contributed by atoms with Crippen molar-refractivity contribution in [1.82, 2.24) is 0 Å². The molecule has 4 aliphatic rings. The molecular weight excluding hydrogens is 820 g/mol. The lowest BCUT2D eigenvalue weighted by molar-refractivity contribution is 0.332. The van der Waals surface area contributed by atoms with Crippen LogP contribution in [0.4, 0.5) is 28.4 Å². The van der Waals surface area contributed by atoms with E-state index < -0.39 is 0 Å². The van der Waals surface area contributed by atoms with E-state index in [2.05, 4.69) is 247 Å². The average Bonchev–Trinajstić information content (AvgIpc) is 3.52. The Hall–Kier alpha value is -5.80. The maximum Gasteiger partial charge on any atom is 0.333 e. The molecule has 0 bridgehead atoms. The summed E-state index contributed by atoms with van der Waals surface area (Å²) in [5.41, 5.74) is 26.6. The molecule has 2 nitrogen and oxygen atoms in total. The lowest BCUT2D eigenvalue weighted by Gasteiger charge is -2.49. The predicted octanol–water partition coefficient (Wildman–Crippen LogP) is 16.6. The van der Waals surface area contributed by atoms with Gasteiger partial charge in [0.05, 0.1) is 5.69 Å². The highest BCUT2D eigenvalue weighted by atomic mass is 15.2. The smallest absolute Gasteiger partial charge is 0.333 e. The molecule has 0 unspecified atom stereocenters. The van der Waals surface area contributed by atoms with Gasteiger partial charge in [-0.2, -0.15) is 0 Å². The Bertz CT molecular complexity index is 3200. The monoisotopic (exact) mass is 891 g/mol. The molecule has 0 N–H and O–H groups in total. The second-order valence-electron chi connectivity index (χ2n) is 25.7. The van der Waals surface area contributed by atoms with Crippen molar-refractivity contribution >= 4 is 46.2 Å². The summed E-state index contributed by atoms with van der Waals surface area (Å²) < 4.78 is 0. The van der Waals surface area contributed by atoms with Crippen LogP contribution in [0, 0.1) is 0 Å². The molecule has 2 aliphatic heterocycles. The summed E-state index contributed by atoms with van der Waals surface area (Å²) in [5.74, 6) is 0. The van der Waals surface area contributed by atoms with Crippen molar-refractivity contribution in [3.05, 3.63) is 172 Å². The second-order valence-corrected chi connectivity index (χ2v) is 25.7. The van der Waals surface area contributed by atoms with Crippen molar-refractivity contribution in [2.75, 3.05) is 9.71 Å². The number of rotatable bonds is 3. The zero-order chi connectivity index (χ0) is 48.2. The van der Waals surface area contributed by atoms with E-state index >= 15 is 0 Å². The van der Waals surface area contributed by atoms with Gasteiger partial charge in [0.1, 0.15) is 0 Å². The van der Waals surface area contributed by atoms with Crippen LogP contribution in [0.5, 0.6) is 0 Å². The van der Waals surface area contributed by atoms with Crippen molar-refractivity contribution in [1.29, 1.82) is 0 Å².